The van der Waals surface area contributed by atoms with E-state index in [4.69, 9.17) is 0 Å². The fourth-order valence-corrected chi connectivity index (χ4v) is 3.39. The Bertz CT molecular complexity index is 1280. The molecular weight excluding hydrogens is 366 g/mol. The number of hydrogen-bond donors (Lipinski definition) is 1. The second kappa shape index (κ2) is 7.43. The molecule has 2 aromatic carbocycles. The number of fused-ring (bicyclic) bond motifs is 1. The molecule has 148 valence electrons. The minimum absolute atomic E-state index is 0.351. The SMILES string of the molecule is Cc1ccc(Cn2c(NCc3ccccc3)nc3c2c(=O)n(C)c(=O)n3C)cc1. The van der Waals surface area contributed by atoms with Crippen molar-refractivity contribution in [2.45, 2.75) is 20.0 Å². The van der Waals surface area contributed by atoms with Crippen molar-refractivity contribution in [1.82, 2.24) is 18.7 Å². The molecule has 4 rings (SSSR count). The van der Waals surface area contributed by atoms with Gasteiger partial charge in [0.25, 0.3) is 5.56 Å². The topological polar surface area (TPSA) is 73.8 Å². The van der Waals surface area contributed by atoms with Gasteiger partial charge in [0.05, 0.1) is 6.54 Å². The molecule has 0 bridgehead atoms. The van der Waals surface area contributed by atoms with Crippen LogP contribution in [0, 0.1) is 6.92 Å². The molecule has 2 heterocycles. The van der Waals surface area contributed by atoms with Gasteiger partial charge in [0, 0.05) is 20.6 Å². The molecule has 29 heavy (non-hydrogen) atoms. The lowest BCUT2D eigenvalue weighted by atomic mass is 10.1. The van der Waals surface area contributed by atoms with Gasteiger partial charge >= 0.3 is 5.69 Å². The quantitative estimate of drug-likeness (QED) is 0.569. The zero-order chi connectivity index (χ0) is 20.5. The van der Waals surface area contributed by atoms with Crippen molar-refractivity contribution in [3.63, 3.8) is 0 Å². The summed E-state index contributed by atoms with van der Waals surface area (Å²) in [5, 5.41) is 3.33. The largest absolute Gasteiger partial charge is 0.351 e. The number of aromatic nitrogens is 4. The Balaban J connectivity index is 1.85. The maximum Gasteiger partial charge on any atom is 0.332 e. The number of nitrogens with zero attached hydrogens (tertiary/aromatic N) is 4. The van der Waals surface area contributed by atoms with Crippen molar-refractivity contribution in [2.75, 3.05) is 5.32 Å². The van der Waals surface area contributed by atoms with Gasteiger partial charge in [-0.05, 0) is 18.1 Å². The fraction of sp³-hybridized carbons (Fsp3) is 0.227. The van der Waals surface area contributed by atoms with Crippen molar-refractivity contribution in [3.8, 4) is 0 Å². The summed E-state index contributed by atoms with van der Waals surface area (Å²) in [6.07, 6.45) is 0. The third-order valence-corrected chi connectivity index (χ3v) is 5.10. The predicted molar refractivity (Wildman–Crippen MR) is 114 cm³/mol. The monoisotopic (exact) mass is 389 g/mol. The molecule has 0 saturated carbocycles. The summed E-state index contributed by atoms with van der Waals surface area (Å²) in [4.78, 5) is 29.9. The number of rotatable bonds is 5. The zero-order valence-corrected chi connectivity index (χ0v) is 16.7. The molecule has 0 fully saturated rings. The summed E-state index contributed by atoms with van der Waals surface area (Å²) in [6.45, 7) is 3.07. The highest BCUT2D eigenvalue weighted by Crippen LogP contribution is 2.19. The molecule has 7 nitrogen and oxygen atoms in total. The number of benzene rings is 2. The number of hydrogen-bond acceptors (Lipinski definition) is 4. The summed E-state index contributed by atoms with van der Waals surface area (Å²) in [6, 6.07) is 18.1. The second-order valence-electron chi connectivity index (χ2n) is 7.22. The van der Waals surface area contributed by atoms with E-state index >= 15 is 0 Å². The van der Waals surface area contributed by atoms with Crippen LogP contribution in [-0.2, 0) is 27.2 Å². The van der Waals surface area contributed by atoms with E-state index in [0.29, 0.717) is 30.2 Å². The number of aryl methyl sites for hydroxylation is 2. The molecule has 0 aliphatic carbocycles. The van der Waals surface area contributed by atoms with Crippen molar-refractivity contribution >= 4 is 17.1 Å². The lowest BCUT2D eigenvalue weighted by Crippen LogP contribution is -2.37. The van der Waals surface area contributed by atoms with Crippen LogP contribution < -0.4 is 16.6 Å². The van der Waals surface area contributed by atoms with Crippen LogP contribution in [0.25, 0.3) is 11.2 Å². The molecule has 0 saturated heterocycles. The van der Waals surface area contributed by atoms with E-state index < -0.39 is 5.69 Å². The minimum atomic E-state index is -0.392. The first-order chi connectivity index (χ1) is 14.0. The Hall–Kier alpha value is -3.61. The average molecular weight is 389 g/mol. The molecule has 0 radical (unpaired) electrons. The second-order valence-corrected chi connectivity index (χ2v) is 7.22. The van der Waals surface area contributed by atoms with E-state index in [1.165, 1.54) is 17.2 Å². The Kier molecular flexibility index (Phi) is 4.80. The first-order valence-corrected chi connectivity index (χ1v) is 9.45. The zero-order valence-electron chi connectivity index (χ0n) is 16.7. The van der Waals surface area contributed by atoms with Gasteiger partial charge in [0.1, 0.15) is 0 Å². The predicted octanol–water partition coefficient (Wildman–Crippen LogP) is 2.40. The normalized spacial score (nSPS) is 11.1. The molecule has 0 amide bonds. The van der Waals surface area contributed by atoms with Gasteiger partial charge in [-0.15, -0.1) is 0 Å². The minimum Gasteiger partial charge on any atom is -0.351 e. The Morgan fingerprint density at radius 1 is 0.897 bits per heavy atom. The number of nitrogens with one attached hydrogen (secondary N) is 1. The molecule has 0 unspecified atom stereocenters. The van der Waals surface area contributed by atoms with E-state index in [1.54, 1.807) is 7.05 Å². The van der Waals surface area contributed by atoms with Crippen LogP contribution >= 0.6 is 0 Å². The van der Waals surface area contributed by atoms with E-state index in [2.05, 4.69) is 10.3 Å². The Labute approximate surface area is 167 Å². The highest BCUT2D eigenvalue weighted by atomic mass is 16.2. The van der Waals surface area contributed by atoms with Crippen molar-refractivity contribution < 1.29 is 0 Å². The van der Waals surface area contributed by atoms with Crippen LogP contribution in [-0.4, -0.2) is 18.7 Å². The van der Waals surface area contributed by atoms with Crippen LogP contribution in [0.1, 0.15) is 16.7 Å². The summed E-state index contributed by atoms with van der Waals surface area (Å²) in [7, 11) is 3.12. The molecule has 0 spiro atoms. The van der Waals surface area contributed by atoms with Gasteiger partial charge in [-0.3, -0.25) is 18.5 Å². The maximum atomic E-state index is 12.9. The van der Waals surface area contributed by atoms with E-state index in [0.717, 1.165) is 15.7 Å². The highest BCUT2D eigenvalue weighted by molar-refractivity contribution is 5.74. The molecule has 4 aromatic rings. The molecule has 0 aliphatic rings. The van der Waals surface area contributed by atoms with Crippen LogP contribution in [0.3, 0.4) is 0 Å². The summed E-state index contributed by atoms with van der Waals surface area (Å²) in [5.41, 5.74) is 3.36. The smallest absolute Gasteiger partial charge is 0.332 e. The van der Waals surface area contributed by atoms with E-state index in [-0.39, 0.29) is 5.56 Å². The van der Waals surface area contributed by atoms with Gasteiger partial charge in [-0.1, -0.05) is 60.2 Å². The van der Waals surface area contributed by atoms with Gasteiger partial charge in [-0.2, -0.15) is 4.98 Å². The molecule has 7 heteroatoms. The third kappa shape index (κ3) is 3.47. The fourth-order valence-electron chi connectivity index (χ4n) is 3.39. The van der Waals surface area contributed by atoms with Gasteiger partial charge in [0.2, 0.25) is 5.95 Å². The number of imidazole rings is 1. The average Bonchev–Trinajstić information content (AvgIpc) is 3.10. The van der Waals surface area contributed by atoms with Crippen LogP contribution in [0.2, 0.25) is 0 Å². The Morgan fingerprint density at radius 3 is 2.28 bits per heavy atom. The lowest BCUT2D eigenvalue weighted by molar-refractivity contribution is 0.702. The molecule has 1 N–H and O–H groups in total. The van der Waals surface area contributed by atoms with Crippen molar-refractivity contribution in [3.05, 3.63) is 92.1 Å². The molecule has 2 aromatic heterocycles. The summed E-state index contributed by atoms with van der Waals surface area (Å²) in [5.74, 6) is 0.558. The van der Waals surface area contributed by atoms with Gasteiger partial charge < -0.3 is 5.32 Å². The summed E-state index contributed by atoms with van der Waals surface area (Å²) < 4.78 is 4.39. The Morgan fingerprint density at radius 2 is 1.59 bits per heavy atom. The lowest BCUT2D eigenvalue weighted by Gasteiger charge is -2.11. The molecular formula is C22H23N5O2. The number of anilines is 1. The van der Waals surface area contributed by atoms with Crippen molar-refractivity contribution in [1.29, 1.82) is 0 Å². The van der Waals surface area contributed by atoms with E-state index in [1.807, 2.05) is 66.1 Å². The van der Waals surface area contributed by atoms with Gasteiger partial charge in [0.15, 0.2) is 11.2 Å². The highest BCUT2D eigenvalue weighted by Gasteiger charge is 2.19. The van der Waals surface area contributed by atoms with Crippen LogP contribution in [0.4, 0.5) is 5.95 Å². The van der Waals surface area contributed by atoms with Crippen LogP contribution in [0.5, 0.6) is 0 Å². The molecule has 0 atom stereocenters. The van der Waals surface area contributed by atoms with E-state index in [9.17, 15) is 9.59 Å². The molecule has 0 aliphatic heterocycles. The summed E-state index contributed by atoms with van der Waals surface area (Å²) >= 11 is 0. The maximum absolute atomic E-state index is 12.9. The van der Waals surface area contributed by atoms with Crippen molar-refractivity contribution in [2.24, 2.45) is 14.1 Å². The standard InChI is InChI=1S/C22H23N5O2/c1-15-9-11-17(12-10-15)14-27-18-19(25(2)22(29)26(3)20(18)28)24-21(27)23-13-16-7-5-4-6-8-16/h4-12H,13-14H2,1-3H3,(H,23,24). The first-order valence-electron chi connectivity index (χ1n) is 9.45. The van der Waals surface area contributed by atoms with Gasteiger partial charge in [-0.25, -0.2) is 4.79 Å². The van der Waals surface area contributed by atoms with Crippen LogP contribution in [0.15, 0.2) is 64.2 Å². The third-order valence-electron chi connectivity index (χ3n) is 5.10. The first kappa shape index (κ1) is 18.7.